The quantitative estimate of drug-likeness (QED) is 0.600. The first kappa shape index (κ1) is 17.7. The normalized spacial score (nSPS) is 18.9. The third-order valence-corrected chi connectivity index (χ3v) is 5.32. The van der Waals surface area contributed by atoms with Crippen molar-refractivity contribution in [1.82, 2.24) is 0 Å². The average Bonchev–Trinajstić information content (AvgIpc) is 3.04. The van der Waals surface area contributed by atoms with Crippen molar-refractivity contribution >= 4 is 45.1 Å². The van der Waals surface area contributed by atoms with Crippen molar-refractivity contribution in [1.29, 1.82) is 0 Å². The maximum atomic E-state index is 12.5. The van der Waals surface area contributed by atoms with Gasteiger partial charge in [0.1, 0.15) is 5.75 Å². The Hall–Kier alpha value is -2.67. The highest BCUT2D eigenvalue weighted by Gasteiger charge is 2.36. The number of hydrogen-bond acceptors (Lipinski definition) is 4. The fourth-order valence-corrected chi connectivity index (χ4v) is 3.62. The molecule has 1 N–H and O–H groups in total. The smallest absolute Gasteiger partial charge is 0.316 e. The van der Waals surface area contributed by atoms with Crippen molar-refractivity contribution in [2.24, 2.45) is 5.92 Å². The van der Waals surface area contributed by atoms with Gasteiger partial charge in [0.05, 0.1) is 5.92 Å². The van der Waals surface area contributed by atoms with Gasteiger partial charge in [-0.05, 0) is 54.4 Å². The van der Waals surface area contributed by atoms with Crippen LogP contribution in [0.4, 0.5) is 11.4 Å². The molecule has 0 radical (unpaired) electrons. The van der Waals surface area contributed by atoms with Crippen LogP contribution in [0, 0.1) is 5.92 Å². The number of nitrogens with zero attached hydrogens (tertiary/aromatic N) is 1. The third-order valence-electron chi connectivity index (χ3n) is 4.79. The first-order chi connectivity index (χ1) is 13.0. The van der Waals surface area contributed by atoms with E-state index < -0.39 is 11.9 Å². The zero-order chi connectivity index (χ0) is 19.0. The second kappa shape index (κ2) is 7.15. The molecule has 0 aliphatic carbocycles. The molecule has 7 heteroatoms. The predicted octanol–water partition coefficient (Wildman–Crippen LogP) is 3.29. The minimum Gasteiger partial charge on any atom is -0.426 e. The van der Waals surface area contributed by atoms with Gasteiger partial charge in [-0.25, -0.2) is 0 Å². The Kier molecular flexibility index (Phi) is 4.70. The van der Waals surface area contributed by atoms with Crippen LogP contribution in [0.2, 0.25) is 0 Å². The van der Waals surface area contributed by atoms with Crippen LogP contribution in [0.15, 0.2) is 46.9 Å². The van der Waals surface area contributed by atoms with Gasteiger partial charge >= 0.3 is 5.97 Å². The summed E-state index contributed by atoms with van der Waals surface area (Å²) in [6, 6.07) is 12.6. The minimum absolute atomic E-state index is 0.00949. The monoisotopic (exact) mass is 428 g/mol. The van der Waals surface area contributed by atoms with Crippen molar-refractivity contribution < 1.29 is 19.1 Å². The summed E-state index contributed by atoms with van der Waals surface area (Å²) >= 11 is 3.37. The van der Waals surface area contributed by atoms with E-state index in [1.165, 1.54) is 0 Å². The zero-order valence-corrected chi connectivity index (χ0v) is 16.0. The van der Waals surface area contributed by atoms with Crippen LogP contribution in [-0.4, -0.2) is 24.3 Å². The van der Waals surface area contributed by atoms with E-state index in [0.29, 0.717) is 25.1 Å². The number of anilines is 2. The molecule has 2 amide bonds. The highest BCUT2D eigenvalue weighted by Crippen LogP contribution is 2.30. The van der Waals surface area contributed by atoms with E-state index in [9.17, 15) is 14.4 Å². The van der Waals surface area contributed by atoms with Gasteiger partial charge in [0, 0.05) is 35.2 Å². The number of hydrogen-bond donors (Lipinski definition) is 1. The van der Waals surface area contributed by atoms with E-state index in [0.717, 1.165) is 21.4 Å². The molecule has 2 aliphatic rings. The van der Waals surface area contributed by atoms with Gasteiger partial charge in [-0.1, -0.05) is 15.9 Å². The summed E-state index contributed by atoms with van der Waals surface area (Å²) in [7, 11) is 0. The van der Waals surface area contributed by atoms with Gasteiger partial charge in [-0.2, -0.15) is 0 Å². The molecule has 1 atom stereocenters. The van der Waals surface area contributed by atoms with E-state index in [2.05, 4.69) is 21.2 Å². The van der Waals surface area contributed by atoms with E-state index in [-0.39, 0.29) is 18.2 Å². The second-order valence-corrected chi connectivity index (χ2v) is 7.59. The van der Waals surface area contributed by atoms with Gasteiger partial charge in [0.25, 0.3) is 0 Å². The van der Waals surface area contributed by atoms with Crippen molar-refractivity contribution in [3.8, 4) is 5.75 Å². The van der Waals surface area contributed by atoms with Crippen molar-refractivity contribution in [3.05, 3.63) is 52.5 Å². The number of nitrogens with one attached hydrogen (secondary N) is 1. The Morgan fingerprint density at radius 1 is 1.11 bits per heavy atom. The largest absolute Gasteiger partial charge is 0.426 e. The molecular formula is C20H17BrN2O4. The van der Waals surface area contributed by atoms with Gasteiger partial charge in [-0.3, -0.25) is 14.4 Å². The molecule has 138 valence electrons. The van der Waals surface area contributed by atoms with Crippen LogP contribution in [-0.2, 0) is 20.8 Å². The van der Waals surface area contributed by atoms with Crippen LogP contribution in [0.1, 0.15) is 18.4 Å². The summed E-state index contributed by atoms with van der Waals surface area (Å²) in [6.07, 6.45) is 1.17. The number of carbonyl (C=O) groups is 3. The highest BCUT2D eigenvalue weighted by atomic mass is 79.9. The molecule has 2 aromatic carbocycles. The van der Waals surface area contributed by atoms with Gasteiger partial charge in [-0.15, -0.1) is 0 Å². The molecule has 2 aromatic rings. The molecule has 6 nitrogen and oxygen atoms in total. The lowest BCUT2D eigenvalue weighted by atomic mass is 10.0. The standard InChI is InChI=1S/C20H17BrN2O4/c21-14-2-4-15(5-3-14)23-11-13(10-19(23)25)20(26)27-16-6-7-17-12(9-16)1-8-18(24)22-17/h2-7,9,13H,1,8,10-11H2,(H,22,24)/t13-/m1/s1. The molecule has 0 spiro atoms. The molecule has 4 rings (SSSR count). The Morgan fingerprint density at radius 2 is 1.89 bits per heavy atom. The fraction of sp³-hybridized carbons (Fsp3) is 0.250. The molecule has 0 unspecified atom stereocenters. The van der Waals surface area contributed by atoms with Gasteiger partial charge in [0.15, 0.2) is 0 Å². The Balaban J connectivity index is 1.44. The summed E-state index contributed by atoms with van der Waals surface area (Å²) in [6.45, 7) is 0.306. The number of rotatable bonds is 3. The lowest BCUT2D eigenvalue weighted by Crippen LogP contribution is -2.27. The lowest BCUT2D eigenvalue weighted by molar-refractivity contribution is -0.139. The summed E-state index contributed by atoms with van der Waals surface area (Å²) in [5, 5.41) is 2.80. The Morgan fingerprint density at radius 3 is 2.67 bits per heavy atom. The summed E-state index contributed by atoms with van der Waals surface area (Å²) in [4.78, 5) is 37.9. The van der Waals surface area contributed by atoms with E-state index in [4.69, 9.17) is 4.74 Å². The van der Waals surface area contributed by atoms with Crippen molar-refractivity contribution in [2.75, 3.05) is 16.8 Å². The Labute approximate surface area is 164 Å². The number of fused-ring (bicyclic) bond motifs is 1. The van der Waals surface area contributed by atoms with Crippen LogP contribution in [0.5, 0.6) is 5.75 Å². The fourth-order valence-electron chi connectivity index (χ4n) is 3.36. The minimum atomic E-state index is -0.503. The maximum absolute atomic E-state index is 12.5. The number of ether oxygens (including phenoxy) is 1. The number of aryl methyl sites for hydroxylation is 1. The Bertz CT molecular complexity index is 926. The first-order valence-electron chi connectivity index (χ1n) is 8.70. The van der Waals surface area contributed by atoms with Crippen LogP contribution in [0.3, 0.4) is 0 Å². The van der Waals surface area contributed by atoms with Gasteiger partial charge < -0.3 is 15.0 Å². The van der Waals surface area contributed by atoms with Crippen LogP contribution >= 0.6 is 15.9 Å². The van der Waals surface area contributed by atoms with E-state index in [1.54, 1.807) is 23.1 Å². The maximum Gasteiger partial charge on any atom is 0.316 e. The number of amides is 2. The summed E-state index contributed by atoms with van der Waals surface area (Å²) in [5.41, 5.74) is 2.46. The molecule has 0 bridgehead atoms. The summed E-state index contributed by atoms with van der Waals surface area (Å²) < 4.78 is 6.43. The topological polar surface area (TPSA) is 75.7 Å². The van der Waals surface area contributed by atoms with Crippen molar-refractivity contribution in [2.45, 2.75) is 19.3 Å². The second-order valence-electron chi connectivity index (χ2n) is 6.67. The summed E-state index contributed by atoms with van der Waals surface area (Å²) in [5.74, 6) is -0.582. The molecule has 0 saturated carbocycles. The SMILES string of the molecule is O=C1CCc2cc(OC(=O)[C@@H]3CC(=O)N(c4ccc(Br)cc4)C3)ccc2N1. The molecule has 2 heterocycles. The van der Waals surface area contributed by atoms with Crippen molar-refractivity contribution in [3.63, 3.8) is 0 Å². The average molecular weight is 429 g/mol. The first-order valence-corrected chi connectivity index (χ1v) is 9.49. The molecule has 2 aliphatic heterocycles. The molecule has 0 aromatic heterocycles. The zero-order valence-electron chi connectivity index (χ0n) is 14.4. The molecule has 1 saturated heterocycles. The molecule has 27 heavy (non-hydrogen) atoms. The van der Waals surface area contributed by atoms with Gasteiger partial charge in [0.2, 0.25) is 11.8 Å². The number of carbonyl (C=O) groups excluding carboxylic acids is 3. The number of halogens is 1. The van der Waals surface area contributed by atoms with Crippen LogP contribution < -0.4 is 15.0 Å². The lowest BCUT2D eigenvalue weighted by Gasteiger charge is -2.18. The molecular weight excluding hydrogens is 412 g/mol. The van der Waals surface area contributed by atoms with E-state index >= 15 is 0 Å². The van der Waals surface area contributed by atoms with Crippen LogP contribution in [0.25, 0.3) is 0 Å². The number of benzene rings is 2. The predicted molar refractivity (Wildman–Crippen MR) is 104 cm³/mol. The molecule has 1 fully saturated rings. The third kappa shape index (κ3) is 3.73. The van der Waals surface area contributed by atoms with E-state index in [1.807, 2.05) is 24.3 Å². The number of esters is 1. The highest BCUT2D eigenvalue weighted by molar-refractivity contribution is 9.10.